The predicted molar refractivity (Wildman–Crippen MR) is 104 cm³/mol. The molecule has 2 rings (SSSR count). The van der Waals surface area contributed by atoms with Crippen molar-refractivity contribution in [2.75, 3.05) is 26.9 Å². The molecule has 0 aliphatic carbocycles. The Morgan fingerprint density at radius 3 is 1.84 bits per heavy atom. The molecule has 0 amide bonds. The van der Waals surface area contributed by atoms with Crippen LogP contribution >= 0.6 is 0 Å². The van der Waals surface area contributed by atoms with Crippen molar-refractivity contribution in [2.45, 2.75) is 63.5 Å². The Bertz CT molecular complexity index is 751. The molecule has 1 aromatic heterocycles. The van der Waals surface area contributed by atoms with Gasteiger partial charge in [-0.25, -0.2) is 13.0 Å². The highest BCUT2D eigenvalue weighted by Gasteiger charge is 2.49. The Morgan fingerprint density at radius 2 is 1.41 bits per heavy atom. The molecule has 0 unspecified atom stereocenters. The predicted octanol–water partition coefficient (Wildman–Crippen LogP) is 1.61. The molecule has 1 aromatic rings. The number of aromatic nitrogens is 1. The summed E-state index contributed by atoms with van der Waals surface area (Å²) >= 11 is 0. The summed E-state index contributed by atoms with van der Waals surface area (Å²) in [5.41, 5.74) is -5.65. The quantitative estimate of drug-likeness (QED) is 0.293. The van der Waals surface area contributed by atoms with Crippen LogP contribution in [-0.2, 0) is 40.3 Å². The van der Waals surface area contributed by atoms with E-state index in [4.69, 9.17) is 36.7 Å². The summed E-state index contributed by atoms with van der Waals surface area (Å²) in [5.74, 6) is 0. The highest BCUT2D eigenvalue weighted by Crippen LogP contribution is 2.29. The third kappa shape index (κ3) is 8.54. The first-order valence-corrected chi connectivity index (χ1v) is 11.4. The summed E-state index contributed by atoms with van der Waals surface area (Å²) in [6.07, 6.45) is 2.60. The second-order valence-corrected chi connectivity index (χ2v) is 7.88. The van der Waals surface area contributed by atoms with Gasteiger partial charge in [0.05, 0.1) is 0 Å². The number of alkyl halides is 3. The van der Waals surface area contributed by atoms with Gasteiger partial charge in [-0.05, 0) is 20.8 Å². The van der Waals surface area contributed by atoms with E-state index in [0.29, 0.717) is 26.4 Å². The van der Waals surface area contributed by atoms with Crippen molar-refractivity contribution in [3.05, 3.63) is 30.6 Å². The van der Waals surface area contributed by atoms with Crippen LogP contribution in [0.5, 0.6) is 0 Å². The minimum atomic E-state index is -6.09. The first-order chi connectivity index (χ1) is 15.0. The van der Waals surface area contributed by atoms with Gasteiger partial charge in [-0.1, -0.05) is 6.07 Å². The molecule has 9 nitrogen and oxygen atoms in total. The molecule has 0 aromatic carbocycles. The monoisotopic (exact) mass is 489 g/mol. The summed E-state index contributed by atoms with van der Waals surface area (Å²) in [5, 5.41) is 0. The van der Waals surface area contributed by atoms with Gasteiger partial charge in [0.15, 0.2) is 35.3 Å². The molecule has 2 heterocycles. The third-order valence-corrected chi connectivity index (χ3v) is 4.92. The van der Waals surface area contributed by atoms with Gasteiger partial charge >= 0.3 is 5.51 Å². The Kier molecular flexibility index (Phi) is 12.0. The summed E-state index contributed by atoms with van der Waals surface area (Å²) in [4.78, 5) is 0. The third-order valence-electron chi connectivity index (χ3n) is 4.35. The van der Waals surface area contributed by atoms with Crippen molar-refractivity contribution in [1.29, 1.82) is 0 Å². The molecule has 0 spiro atoms. The summed E-state index contributed by atoms with van der Waals surface area (Å²) in [7, 11) is -4.46. The van der Waals surface area contributed by atoms with Gasteiger partial charge < -0.3 is 28.2 Å². The lowest BCUT2D eigenvalue weighted by atomic mass is 9.97. The van der Waals surface area contributed by atoms with E-state index in [1.165, 1.54) is 0 Å². The summed E-state index contributed by atoms with van der Waals surface area (Å²) < 4.78 is 90.6. The number of hydrogen-bond donors (Lipinski definition) is 0. The molecule has 1 aliphatic rings. The normalized spacial score (nSPS) is 26.3. The van der Waals surface area contributed by atoms with E-state index in [9.17, 15) is 13.2 Å². The molecule has 0 bridgehead atoms. The van der Waals surface area contributed by atoms with Crippen molar-refractivity contribution in [3.8, 4) is 0 Å². The second kappa shape index (κ2) is 13.4. The molecule has 0 radical (unpaired) electrons. The van der Waals surface area contributed by atoms with Crippen LogP contribution in [-0.4, -0.2) is 76.1 Å². The highest BCUT2D eigenvalue weighted by molar-refractivity contribution is 7.86. The molecule has 186 valence electrons. The molecule has 0 N–H and O–H groups in total. The maximum absolute atomic E-state index is 10.7. The SMILES string of the molecule is CCO[C@@H]1[C@@H](OCC)[C@H](OC)O[C@H](C[n+]2ccccc2)[C@H]1OCC.O=S(=O)([O-])C(F)(F)F. The molecule has 1 saturated heterocycles. The van der Waals surface area contributed by atoms with E-state index in [-0.39, 0.29) is 24.4 Å². The highest BCUT2D eigenvalue weighted by atomic mass is 32.2. The topological polar surface area (TPSA) is 107 Å². The maximum atomic E-state index is 10.7. The van der Waals surface area contributed by atoms with E-state index in [1.54, 1.807) is 7.11 Å². The van der Waals surface area contributed by atoms with Crippen LogP contribution in [0.3, 0.4) is 0 Å². The Balaban J connectivity index is 0.000000547. The van der Waals surface area contributed by atoms with Gasteiger partial charge in [-0.15, -0.1) is 0 Å². The Morgan fingerprint density at radius 1 is 0.938 bits per heavy atom. The fourth-order valence-electron chi connectivity index (χ4n) is 3.12. The van der Waals surface area contributed by atoms with Crippen LogP contribution < -0.4 is 4.57 Å². The van der Waals surface area contributed by atoms with E-state index >= 15 is 0 Å². The number of methoxy groups -OCH3 is 1. The van der Waals surface area contributed by atoms with Gasteiger partial charge in [-0.3, -0.25) is 0 Å². The molecule has 32 heavy (non-hydrogen) atoms. The first kappa shape index (κ1) is 28.7. The van der Waals surface area contributed by atoms with E-state index in [1.807, 2.05) is 51.4 Å². The smallest absolute Gasteiger partial charge is 0.485 e. The average molecular weight is 490 g/mol. The number of ether oxygens (including phenoxy) is 5. The summed E-state index contributed by atoms with van der Waals surface area (Å²) in [6, 6.07) is 5.98. The number of hydrogen-bond acceptors (Lipinski definition) is 8. The average Bonchev–Trinajstić information content (AvgIpc) is 2.72. The standard InChI is InChI=1S/C18H30NO5.CHF3O3S/c1-5-21-15-14(13-19-11-9-8-10-12-19)24-18(20-4)17(23-7-3)16(15)22-6-2;2-1(3,4)8(5,6)7/h8-12,14-18H,5-7,13H2,1-4H3;(H,5,6,7)/q+1;/p-1/t14-,15-,16+,17-,18-;/m1./s1. The lowest BCUT2D eigenvalue weighted by molar-refractivity contribution is -0.707. The summed E-state index contributed by atoms with van der Waals surface area (Å²) in [6.45, 7) is 8.31. The van der Waals surface area contributed by atoms with Crippen LogP contribution in [0.1, 0.15) is 20.8 Å². The lowest BCUT2D eigenvalue weighted by Gasteiger charge is -2.44. The lowest BCUT2D eigenvalue weighted by Crippen LogP contribution is -2.63. The molecule has 1 fully saturated rings. The molecular formula is C19H30F3NO8S. The van der Waals surface area contributed by atoms with Crippen molar-refractivity contribution in [3.63, 3.8) is 0 Å². The van der Waals surface area contributed by atoms with E-state index in [2.05, 4.69) is 4.57 Å². The van der Waals surface area contributed by atoms with Crippen LogP contribution in [0, 0.1) is 0 Å². The van der Waals surface area contributed by atoms with Crippen molar-refractivity contribution in [1.82, 2.24) is 0 Å². The number of pyridine rings is 1. The van der Waals surface area contributed by atoms with E-state index < -0.39 is 21.9 Å². The molecule has 0 saturated carbocycles. The fourth-order valence-corrected chi connectivity index (χ4v) is 3.12. The first-order valence-electron chi connectivity index (χ1n) is 9.99. The fraction of sp³-hybridized carbons (Fsp3) is 0.737. The molecule has 13 heteroatoms. The van der Waals surface area contributed by atoms with Crippen LogP contribution in [0.15, 0.2) is 30.6 Å². The van der Waals surface area contributed by atoms with Gasteiger partial charge in [0.2, 0.25) is 0 Å². The largest absolute Gasteiger partial charge is 0.741 e. The van der Waals surface area contributed by atoms with E-state index in [0.717, 1.165) is 0 Å². The zero-order chi connectivity index (χ0) is 24.4. The Hall–Kier alpha value is -1.35. The van der Waals surface area contributed by atoms with Gasteiger partial charge in [0, 0.05) is 39.1 Å². The Labute approximate surface area is 186 Å². The van der Waals surface area contributed by atoms with Crippen LogP contribution in [0.4, 0.5) is 13.2 Å². The van der Waals surface area contributed by atoms with Crippen molar-refractivity contribution < 1.29 is 54.4 Å². The van der Waals surface area contributed by atoms with Gasteiger partial charge in [0.25, 0.3) is 0 Å². The maximum Gasteiger partial charge on any atom is 0.485 e. The van der Waals surface area contributed by atoms with Gasteiger partial charge in [0.1, 0.15) is 24.4 Å². The molecule has 5 atom stereocenters. The number of rotatable bonds is 9. The van der Waals surface area contributed by atoms with Gasteiger partial charge in [-0.2, -0.15) is 13.2 Å². The minimum absolute atomic E-state index is 0.185. The zero-order valence-corrected chi connectivity index (χ0v) is 19.2. The number of halogens is 3. The zero-order valence-electron chi connectivity index (χ0n) is 18.4. The second-order valence-electron chi connectivity index (χ2n) is 6.51. The molecular weight excluding hydrogens is 459 g/mol. The molecule has 1 aliphatic heterocycles. The number of nitrogens with zero attached hydrogens (tertiary/aromatic N) is 1. The van der Waals surface area contributed by atoms with Crippen molar-refractivity contribution in [2.24, 2.45) is 0 Å². The van der Waals surface area contributed by atoms with Crippen LogP contribution in [0.2, 0.25) is 0 Å². The van der Waals surface area contributed by atoms with Crippen molar-refractivity contribution >= 4 is 10.1 Å². The van der Waals surface area contributed by atoms with Crippen LogP contribution in [0.25, 0.3) is 0 Å². The minimum Gasteiger partial charge on any atom is -0.741 e.